The summed E-state index contributed by atoms with van der Waals surface area (Å²) in [6.07, 6.45) is 1.55. The number of carbonyl (C=O) groups is 1. The highest BCUT2D eigenvalue weighted by Gasteiger charge is 2.32. The second kappa shape index (κ2) is 6.18. The van der Waals surface area contributed by atoms with Crippen LogP contribution < -0.4 is 0 Å². The highest BCUT2D eigenvalue weighted by molar-refractivity contribution is 5.76. The smallest absolute Gasteiger partial charge is 0.224 e. The number of amides is 1. The fraction of sp³-hybridized carbons (Fsp3) is 0.909. The number of hydrogen-bond donors (Lipinski definition) is 1. The molecule has 0 atom stereocenters. The highest BCUT2D eigenvalue weighted by atomic mass is 16.5. The SMILES string of the molecule is COCCC(=O)N(C)CC1(O)CCOCC1. The molecule has 1 aliphatic heterocycles. The lowest BCUT2D eigenvalue weighted by atomic mass is 9.94. The van der Waals surface area contributed by atoms with Crippen LogP contribution in [0.2, 0.25) is 0 Å². The van der Waals surface area contributed by atoms with Crippen LogP contribution in [0.3, 0.4) is 0 Å². The molecule has 94 valence electrons. The van der Waals surface area contributed by atoms with Crippen molar-refractivity contribution < 1.29 is 19.4 Å². The fourth-order valence-corrected chi connectivity index (χ4v) is 1.82. The summed E-state index contributed by atoms with van der Waals surface area (Å²) in [4.78, 5) is 13.2. The van der Waals surface area contributed by atoms with E-state index >= 15 is 0 Å². The van der Waals surface area contributed by atoms with Crippen molar-refractivity contribution in [1.29, 1.82) is 0 Å². The normalized spacial score (nSPS) is 19.4. The third kappa shape index (κ3) is 4.08. The molecule has 0 aromatic rings. The molecular formula is C11H21NO4. The van der Waals surface area contributed by atoms with Crippen molar-refractivity contribution in [2.75, 3.05) is 40.5 Å². The Balaban J connectivity index is 2.36. The topological polar surface area (TPSA) is 59.0 Å². The summed E-state index contributed by atoms with van der Waals surface area (Å²) in [6, 6.07) is 0. The molecule has 5 nitrogen and oxygen atoms in total. The van der Waals surface area contributed by atoms with Gasteiger partial charge in [-0.15, -0.1) is 0 Å². The van der Waals surface area contributed by atoms with Crippen LogP contribution in [-0.2, 0) is 14.3 Å². The van der Waals surface area contributed by atoms with E-state index in [1.54, 1.807) is 19.1 Å². The van der Waals surface area contributed by atoms with Crippen LogP contribution in [0.1, 0.15) is 19.3 Å². The Morgan fingerprint density at radius 1 is 1.50 bits per heavy atom. The van der Waals surface area contributed by atoms with Crippen molar-refractivity contribution in [2.24, 2.45) is 0 Å². The van der Waals surface area contributed by atoms with Crippen molar-refractivity contribution in [3.05, 3.63) is 0 Å². The van der Waals surface area contributed by atoms with Gasteiger partial charge in [-0.05, 0) is 0 Å². The number of hydrogen-bond acceptors (Lipinski definition) is 4. The highest BCUT2D eigenvalue weighted by Crippen LogP contribution is 2.21. The molecule has 1 saturated heterocycles. The fourth-order valence-electron chi connectivity index (χ4n) is 1.82. The number of carbonyl (C=O) groups excluding carboxylic acids is 1. The molecule has 16 heavy (non-hydrogen) atoms. The molecule has 1 heterocycles. The molecule has 1 amide bonds. The van der Waals surface area contributed by atoms with Crippen LogP contribution in [0.4, 0.5) is 0 Å². The number of methoxy groups -OCH3 is 1. The Labute approximate surface area is 96.3 Å². The Bertz CT molecular complexity index is 226. The third-order valence-corrected chi connectivity index (χ3v) is 2.90. The van der Waals surface area contributed by atoms with E-state index in [1.807, 2.05) is 0 Å². The molecule has 1 rings (SSSR count). The average molecular weight is 231 g/mol. The minimum Gasteiger partial charge on any atom is -0.388 e. The molecule has 0 radical (unpaired) electrons. The maximum absolute atomic E-state index is 11.6. The molecule has 0 spiro atoms. The standard InChI is InChI=1S/C11H21NO4/c1-12(10(13)3-6-15-2)9-11(14)4-7-16-8-5-11/h14H,3-9H2,1-2H3. The summed E-state index contributed by atoms with van der Waals surface area (Å²) < 4.78 is 10.0. The first-order chi connectivity index (χ1) is 7.57. The third-order valence-electron chi connectivity index (χ3n) is 2.90. The van der Waals surface area contributed by atoms with Gasteiger partial charge in [-0.2, -0.15) is 0 Å². The average Bonchev–Trinajstić information content (AvgIpc) is 2.26. The summed E-state index contributed by atoms with van der Waals surface area (Å²) in [6.45, 7) is 1.93. The van der Waals surface area contributed by atoms with E-state index < -0.39 is 5.60 Å². The zero-order valence-electron chi connectivity index (χ0n) is 10.1. The van der Waals surface area contributed by atoms with Crippen LogP contribution in [0.25, 0.3) is 0 Å². The van der Waals surface area contributed by atoms with Crippen molar-refractivity contribution in [3.8, 4) is 0 Å². The molecule has 0 aliphatic carbocycles. The molecule has 1 aliphatic rings. The van der Waals surface area contributed by atoms with Crippen LogP contribution in [0, 0.1) is 0 Å². The second-order valence-corrected chi connectivity index (χ2v) is 4.33. The number of nitrogens with zero attached hydrogens (tertiary/aromatic N) is 1. The number of likely N-dealkylation sites (N-methyl/N-ethyl adjacent to an activating group) is 1. The molecule has 0 saturated carbocycles. The van der Waals surface area contributed by atoms with E-state index in [9.17, 15) is 9.90 Å². The predicted molar refractivity (Wildman–Crippen MR) is 59.1 cm³/mol. The van der Waals surface area contributed by atoms with Gasteiger partial charge in [0.2, 0.25) is 5.91 Å². The zero-order valence-corrected chi connectivity index (χ0v) is 10.1. The molecule has 1 fully saturated rings. The van der Waals surface area contributed by atoms with Crippen molar-refractivity contribution in [3.63, 3.8) is 0 Å². The molecule has 0 aromatic carbocycles. The van der Waals surface area contributed by atoms with E-state index in [4.69, 9.17) is 9.47 Å². The maximum Gasteiger partial charge on any atom is 0.224 e. The Morgan fingerprint density at radius 3 is 2.69 bits per heavy atom. The number of rotatable bonds is 5. The first kappa shape index (κ1) is 13.4. The van der Waals surface area contributed by atoms with Gasteiger partial charge in [0.1, 0.15) is 0 Å². The minimum absolute atomic E-state index is 0.00164. The Morgan fingerprint density at radius 2 is 2.12 bits per heavy atom. The van der Waals surface area contributed by atoms with Gasteiger partial charge in [-0.3, -0.25) is 4.79 Å². The lowest BCUT2D eigenvalue weighted by Gasteiger charge is -2.35. The van der Waals surface area contributed by atoms with E-state index in [0.717, 1.165) is 0 Å². The van der Waals surface area contributed by atoms with E-state index in [0.29, 0.717) is 45.6 Å². The Hall–Kier alpha value is -0.650. The summed E-state index contributed by atoms with van der Waals surface area (Å²) in [7, 11) is 3.28. The van der Waals surface area contributed by atoms with E-state index in [-0.39, 0.29) is 5.91 Å². The quantitative estimate of drug-likeness (QED) is 0.725. The maximum atomic E-state index is 11.6. The molecule has 0 unspecified atom stereocenters. The van der Waals surface area contributed by atoms with E-state index in [1.165, 1.54) is 0 Å². The predicted octanol–water partition coefficient (Wildman–Crippen LogP) is 0.0228. The molecule has 0 aromatic heterocycles. The summed E-state index contributed by atoms with van der Waals surface area (Å²) >= 11 is 0. The molecule has 5 heteroatoms. The van der Waals surface area contributed by atoms with Crippen LogP contribution in [-0.4, -0.2) is 62.0 Å². The van der Waals surface area contributed by atoms with Gasteiger partial charge in [0.25, 0.3) is 0 Å². The number of aliphatic hydroxyl groups is 1. The summed E-state index contributed by atoms with van der Waals surface area (Å²) in [5.74, 6) is 0.00164. The van der Waals surface area contributed by atoms with Gasteiger partial charge in [-0.1, -0.05) is 0 Å². The lowest BCUT2D eigenvalue weighted by Crippen LogP contribution is -2.47. The van der Waals surface area contributed by atoms with Crippen molar-refractivity contribution in [1.82, 2.24) is 4.90 Å². The summed E-state index contributed by atoms with van der Waals surface area (Å²) in [5, 5.41) is 10.2. The van der Waals surface area contributed by atoms with Crippen LogP contribution >= 0.6 is 0 Å². The number of ether oxygens (including phenoxy) is 2. The van der Waals surface area contributed by atoms with Gasteiger partial charge < -0.3 is 19.5 Å². The molecular weight excluding hydrogens is 210 g/mol. The zero-order chi connectivity index (χ0) is 12.0. The first-order valence-electron chi connectivity index (χ1n) is 5.60. The first-order valence-corrected chi connectivity index (χ1v) is 5.60. The van der Waals surface area contributed by atoms with Gasteiger partial charge in [0.05, 0.1) is 18.6 Å². The minimum atomic E-state index is -0.782. The Kier molecular flexibility index (Phi) is 5.18. The van der Waals surface area contributed by atoms with Crippen LogP contribution in [0.15, 0.2) is 0 Å². The van der Waals surface area contributed by atoms with Gasteiger partial charge in [0, 0.05) is 46.8 Å². The van der Waals surface area contributed by atoms with Crippen molar-refractivity contribution in [2.45, 2.75) is 24.9 Å². The van der Waals surface area contributed by atoms with E-state index in [2.05, 4.69) is 0 Å². The van der Waals surface area contributed by atoms with Crippen LogP contribution in [0.5, 0.6) is 0 Å². The van der Waals surface area contributed by atoms with Crippen molar-refractivity contribution >= 4 is 5.91 Å². The second-order valence-electron chi connectivity index (χ2n) is 4.33. The van der Waals surface area contributed by atoms with Gasteiger partial charge >= 0.3 is 0 Å². The monoisotopic (exact) mass is 231 g/mol. The lowest BCUT2D eigenvalue weighted by molar-refractivity contribution is -0.137. The van der Waals surface area contributed by atoms with Gasteiger partial charge in [0.15, 0.2) is 0 Å². The largest absolute Gasteiger partial charge is 0.388 e. The summed E-state index contributed by atoms with van der Waals surface area (Å²) in [5.41, 5.74) is -0.782. The van der Waals surface area contributed by atoms with Gasteiger partial charge in [-0.25, -0.2) is 0 Å². The molecule has 1 N–H and O–H groups in total. The molecule has 0 bridgehead atoms.